The van der Waals surface area contributed by atoms with Crippen LogP contribution in [0.4, 0.5) is 11.4 Å². The fourth-order valence-electron chi connectivity index (χ4n) is 2.97. The van der Waals surface area contributed by atoms with Crippen molar-refractivity contribution in [3.63, 3.8) is 0 Å². The van der Waals surface area contributed by atoms with E-state index in [0.29, 0.717) is 0 Å². The summed E-state index contributed by atoms with van der Waals surface area (Å²) in [5.74, 6) is -0.0784. The lowest BCUT2D eigenvalue weighted by atomic mass is 10.1. The van der Waals surface area contributed by atoms with E-state index in [-0.39, 0.29) is 12.5 Å². The predicted octanol–water partition coefficient (Wildman–Crippen LogP) is 3.85. The summed E-state index contributed by atoms with van der Waals surface area (Å²) in [7, 11) is 0. The first-order valence-electron chi connectivity index (χ1n) is 8.25. The summed E-state index contributed by atoms with van der Waals surface area (Å²) in [4.78, 5) is 12.4. The van der Waals surface area contributed by atoms with E-state index in [1.165, 1.54) is 5.56 Å². The maximum atomic E-state index is 12.4. The van der Waals surface area contributed by atoms with Crippen LogP contribution in [0.5, 0.6) is 0 Å². The number of hydrogen-bond acceptors (Lipinski definition) is 3. The highest BCUT2D eigenvalue weighted by Crippen LogP contribution is 2.22. The molecule has 0 spiro atoms. The Balaban J connectivity index is 1.70. The Labute approximate surface area is 147 Å². The summed E-state index contributed by atoms with van der Waals surface area (Å²) < 4.78 is 1.77. The SMILES string of the molecule is Cc1cc(C)c(NC(=O)CNc2ccccc2-n2cccn2)c(C)c1. The molecule has 0 fully saturated rings. The lowest BCUT2D eigenvalue weighted by molar-refractivity contribution is -0.114. The van der Waals surface area contributed by atoms with E-state index in [1.807, 2.05) is 50.4 Å². The van der Waals surface area contributed by atoms with Crippen molar-refractivity contribution >= 4 is 17.3 Å². The van der Waals surface area contributed by atoms with Gasteiger partial charge in [0, 0.05) is 18.1 Å². The van der Waals surface area contributed by atoms with Crippen LogP contribution in [0.15, 0.2) is 54.9 Å². The molecule has 0 atom stereocenters. The molecule has 1 amide bonds. The maximum Gasteiger partial charge on any atom is 0.243 e. The highest BCUT2D eigenvalue weighted by Gasteiger charge is 2.10. The monoisotopic (exact) mass is 334 g/mol. The minimum absolute atomic E-state index is 0.0784. The zero-order valence-electron chi connectivity index (χ0n) is 14.7. The van der Waals surface area contributed by atoms with E-state index in [2.05, 4.69) is 34.8 Å². The molecule has 0 bridgehead atoms. The van der Waals surface area contributed by atoms with Gasteiger partial charge in [0.15, 0.2) is 0 Å². The number of nitrogens with zero attached hydrogens (tertiary/aromatic N) is 2. The minimum atomic E-state index is -0.0784. The third-order valence-corrected chi connectivity index (χ3v) is 4.04. The summed E-state index contributed by atoms with van der Waals surface area (Å²) in [6, 6.07) is 13.8. The van der Waals surface area contributed by atoms with Gasteiger partial charge in [0.05, 0.1) is 17.9 Å². The number of carbonyl (C=O) groups is 1. The van der Waals surface area contributed by atoms with Crippen molar-refractivity contribution in [2.75, 3.05) is 17.2 Å². The van der Waals surface area contributed by atoms with Gasteiger partial charge in [-0.2, -0.15) is 5.10 Å². The molecule has 2 aromatic carbocycles. The molecule has 128 valence electrons. The summed E-state index contributed by atoms with van der Waals surface area (Å²) in [6.07, 6.45) is 3.60. The second kappa shape index (κ2) is 7.21. The van der Waals surface area contributed by atoms with Gasteiger partial charge in [-0.1, -0.05) is 29.8 Å². The molecule has 0 radical (unpaired) electrons. The molecule has 5 nitrogen and oxygen atoms in total. The highest BCUT2D eigenvalue weighted by molar-refractivity contribution is 5.95. The average molecular weight is 334 g/mol. The third-order valence-electron chi connectivity index (χ3n) is 4.04. The molecule has 3 rings (SSSR count). The molecular weight excluding hydrogens is 312 g/mol. The van der Waals surface area contributed by atoms with Gasteiger partial charge in [0.25, 0.3) is 0 Å². The molecule has 0 unspecified atom stereocenters. The molecule has 25 heavy (non-hydrogen) atoms. The van der Waals surface area contributed by atoms with Gasteiger partial charge >= 0.3 is 0 Å². The number of carbonyl (C=O) groups excluding carboxylic acids is 1. The van der Waals surface area contributed by atoms with Crippen molar-refractivity contribution in [2.24, 2.45) is 0 Å². The number of para-hydroxylation sites is 2. The Hall–Kier alpha value is -3.08. The second-order valence-corrected chi connectivity index (χ2v) is 6.14. The molecular formula is C20H22N4O. The van der Waals surface area contributed by atoms with Crippen LogP contribution in [0.1, 0.15) is 16.7 Å². The van der Waals surface area contributed by atoms with E-state index in [4.69, 9.17) is 0 Å². The van der Waals surface area contributed by atoms with Gasteiger partial charge in [-0.05, 0) is 50.1 Å². The molecule has 0 saturated heterocycles. The van der Waals surface area contributed by atoms with E-state index in [1.54, 1.807) is 10.9 Å². The highest BCUT2D eigenvalue weighted by atomic mass is 16.1. The summed E-state index contributed by atoms with van der Waals surface area (Å²) in [5, 5.41) is 10.5. The van der Waals surface area contributed by atoms with Gasteiger partial charge in [0.2, 0.25) is 5.91 Å². The Bertz CT molecular complexity index is 861. The molecule has 0 aliphatic heterocycles. The number of anilines is 2. The number of aromatic nitrogens is 2. The fraction of sp³-hybridized carbons (Fsp3) is 0.200. The van der Waals surface area contributed by atoms with Crippen molar-refractivity contribution in [1.82, 2.24) is 9.78 Å². The van der Waals surface area contributed by atoms with Crippen molar-refractivity contribution in [2.45, 2.75) is 20.8 Å². The lowest BCUT2D eigenvalue weighted by Crippen LogP contribution is -2.23. The van der Waals surface area contributed by atoms with Crippen molar-refractivity contribution in [3.8, 4) is 5.69 Å². The molecule has 0 aliphatic carbocycles. The zero-order chi connectivity index (χ0) is 17.8. The Morgan fingerprint density at radius 3 is 2.48 bits per heavy atom. The molecule has 0 saturated carbocycles. The molecule has 2 N–H and O–H groups in total. The average Bonchev–Trinajstić information content (AvgIpc) is 3.11. The van der Waals surface area contributed by atoms with Gasteiger partial charge in [-0.3, -0.25) is 4.79 Å². The molecule has 1 heterocycles. The Morgan fingerprint density at radius 1 is 1.08 bits per heavy atom. The van der Waals surface area contributed by atoms with Crippen LogP contribution in [0, 0.1) is 20.8 Å². The summed E-state index contributed by atoms with van der Waals surface area (Å²) in [6.45, 7) is 6.26. The first kappa shape index (κ1) is 16.8. The summed E-state index contributed by atoms with van der Waals surface area (Å²) >= 11 is 0. The standard InChI is InChI=1S/C20H22N4O/c1-14-11-15(2)20(16(3)12-14)23-19(25)13-21-17-7-4-5-8-18(17)24-10-6-9-22-24/h4-12,21H,13H2,1-3H3,(H,23,25). The first-order valence-corrected chi connectivity index (χ1v) is 8.25. The second-order valence-electron chi connectivity index (χ2n) is 6.14. The lowest BCUT2D eigenvalue weighted by Gasteiger charge is -2.15. The van der Waals surface area contributed by atoms with Gasteiger partial charge < -0.3 is 10.6 Å². The molecule has 3 aromatic rings. The number of rotatable bonds is 5. The van der Waals surface area contributed by atoms with Crippen molar-refractivity contribution in [3.05, 3.63) is 71.5 Å². The van der Waals surface area contributed by atoms with E-state index in [9.17, 15) is 4.79 Å². The third kappa shape index (κ3) is 3.88. The topological polar surface area (TPSA) is 59.0 Å². The molecule has 0 aliphatic rings. The number of amides is 1. The number of nitrogens with one attached hydrogen (secondary N) is 2. The summed E-state index contributed by atoms with van der Waals surface area (Å²) in [5.41, 5.74) is 5.99. The van der Waals surface area contributed by atoms with Crippen LogP contribution in [-0.2, 0) is 4.79 Å². The number of aryl methyl sites for hydroxylation is 3. The van der Waals surface area contributed by atoms with Gasteiger partial charge in [0.1, 0.15) is 0 Å². The predicted molar refractivity (Wildman–Crippen MR) is 101 cm³/mol. The van der Waals surface area contributed by atoms with E-state index >= 15 is 0 Å². The Kier molecular flexibility index (Phi) is 4.84. The fourth-order valence-corrected chi connectivity index (χ4v) is 2.97. The van der Waals surface area contributed by atoms with Crippen LogP contribution in [-0.4, -0.2) is 22.2 Å². The Morgan fingerprint density at radius 2 is 1.80 bits per heavy atom. The largest absolute Gasteiger partial charge is 0.374 e. The van der Waals surface area contributed by atoms with Crippen molar-refractivity contribution < 1.29 is 4.79 Å². The maximum absolute atomic E-state index is 12.4. The van der Waals surface area contributed by atoms with Crippen molar-refractivity contribution in [1.29, 1.82) is 0 Å². The van der Waals surface area contributed by atoms with Crippen LogP contribution in [0.3, 0.4) is 0 Å². The van der Waals surface area contributed by atoms with E-state index in [0.717, 1.165) is 28.2 Å². The normalized spacial score (nSPS) is 10.5. The van der Waals surface area contributed by atoms with Crippen LogP contribution < -0.4 is 10.6 Å². The van der Waals surface area contributed by atoms with E-state index < -0.39 is 0 Å². The smallest absolute Gasteiger partial charge is 0.243 e. The number of benzene rings is 2. The van der Waals surface area contributed by atoms with Crippen LogP contribution >= 0.6 is 0 Å². The minimum Gasteiger partial charge on any atom is -0.374 e. The van der Waals surface area contributed by atoms with Gasteiger partial charge in [-0.15, -0.1) is 0 Å². The number of hydrogen-bond donors (Lipinski definition) is 2. The van der Waals surface area contributed by atoms with Crippen LogP contribution in [0.25, 0.3) is 5.69 Å². The molecule has 5 heteroatoms. The van der Waals surface area contributed by atoms with Crippen LogP contribution in [0.2, 0.25) is 0 Å². The zero-order valence-corrected chi connectivity index (χ0v) is 14.7. The first-order chi connectivity index (χ1) is 12.0. The van der Waals surface area contributed by atoms with Gasteiger partial charge in [-0.25, -0.2) is 4.68 Å². The molecule has 1 aromatic heterocycles. The quantitative estimate of drug-likeness (QED) is 0.745.